The number of anilines is 1. The van der Waals surface area contributed by atoms with Crippen LogP contribution in [0, 0.1) is 0 Å². The van der Waals surface area contributed by atoms with Gasteiger partial charge in [-0.2, -0.15) is 0 Å². The van der Waals surface area contributed by atoms with Crippen molar-refractivity contribution in [3.63, 3.8) is 0 Å². The van der Waals surface area contributed by atoms with E-state index in [-0.39, 0.29) is 0 Å². The van der Waals surface area contributed by atoms with E-state index in [1.807, 2.05) is 47.8 Å². The Morgan fingerprint density at radius 2 is 1.71 bits per heavy atom. The quantitative estimate of drug-likeness (QED) is 0.625. The Labute approximate surface area is 168 Å². The standard InChI is InChI=1S/C20H25N3O4S/c24-17(19(26)21-9-8-16-7-4-14-28-16)18(25)20(27)23-12-10-22(11-13-23)15-5-2-1-3-6-15/h1-7,14,17-18,24-25H,8-13H2,(H,21,26). The van der Waals surface area contributed by atoms with Crippen LogP contribution in [0.5, 0.6) is 0 Å². The van der Waals surface area contributed by atoms with Crippen molar-refractivity contribution < 1.29 is 19.8 Å². The van der Waals surface area contributed by atoms with Crippen LogP contribution in [0.15, 0.2) is 47.8 Å². The van der Waals surface area contributed by atoms with Gasteiger partial charge in [0.1, 0.15) is 0 Å². The van der Waals surface area contributed by atoms with Gasteiger partial charge in [-0.3, -0.25) is 9.59 Å². The normalized spacial score (nSPS) is 16.5. The van der Waals surface area contributed by atoms with Crippen molar-refractivity contribution in [3.05, 3.63) is 52.7 Å². The Morgan fingerprint density at radius 3 is 2.36 bits per heavy atom. The number of carbonyl (C=O) groups is 2. The predicted molar refractivity (Wildman–Crippen MR) is 108 cm³/mol. The molecule has 8 heteroatoms. The number of nitrogens with one attached hydrogen (secondary N) is 1. The van der Waals surface area contributed by atoms with Gasteiger partial charge in [-0.1, -0.05) is 24.3 Å². The number of carbonyl (C=O) groups excluding carboxylic acids is 2. The number of hydrogen-bond donors (Lipinski definition) is 3. The highest BCUT2D eigenvalue weighted by Gasteiger charge is 2.34. The lowest BCUT2D eigenvalue weighted by Gasteiger charge is -2.37. The largest absolute Gasteiger partial charge is 0.380 e. The summed E-state index contributed by atoms with van der Waals surface area (Å²) in [6.07, 6.45) is -2.89. The SMILES string of the molecule is O=C(NCCc1cccs1)C(O)C(O)C(=O)N1CCN(c2ccccc2)CC1. The molecule has 1 aromatic carbocycles. The Bertz CT molecular complexity index is 761. The van der Waals surface area contributed by atoms with Gasteiger partial charge in [0, 0.05) is 43.3 Å². The molecule has 2 unspecified atom stereocenters. The zero-order valence-electron chi connectivity index (χ0n) is 15.5. The van der Waals surface area contributed by atoms with Gasteiger partial charge in [0.2, 0.25) is 0 Å². The summed E-state index contributed by atoms with van der Waals surface area (Å²) < 4.78 is 0. The van der Waals surface area contributed by atoms with Crippen LogP contribution in [-0.2, 0) is 16.0 Å². The lowest BCUT2D eigenvalue weighted by Crippen LogP contribution is -2.55. The van der Waals surface area contributed by atoms with E-state index in [4.69, 9.17) is 0 Å². The molecule has 1 aromatic heterocycles. The predicted octanol–water partition coefficient (Wildman–Crippen LogP) is 0.477. The van der Waals surface area contributed by atoms with Crippen molar-refractivity contribution >= 4 is 28.8 Å². The van der Waals surface area contributed by atoms with Crippen LogP contribution in [0.2, 0.25) is 0 Å². The maximum Gasteiger partial charge on any atom is 0.254 e. The van der Waals surface area contributed by atoms with Crippen molar-refractivity contribution in [2.24, 2.45) is 0 Å². The summed E-state index contributed by atoms with van der Waals surface area (Å²) in [5.41, 5.74) is 1.08. The second kappa shape index (κ2) is 9.68. The molecule has 0 aliphatic carbocycles. The minimum atomic E-state index is -1.78. The molecule has 0 saturated carbocycles. The highest BCUT2D eigenvalue weighted by molar-refractivity contribution is 7.09. The average Bonchev–Trinajstić information content (AvgIpc) is 3.26. The number of para-hydroxylation sites is 1. The molecule has 1 saturated heterocycles. The first-order chi connectivity index (χ1) is 13.6. The average molecular weight is 404 g/mol. The molecule has 1 aliphatic rings. The molecule has 7 nitrogen and oxygen atoms in total. The van der Waals surface area contributed by atoms with Gasteiger partial charge in [0.25, 0.3) is 11.8 Å². The van der Waals surface area contributed by atoms with Gasteiger partial charge in [-0.15, -0.1) is 11.3 Å². The number of hydrogen-bond acceptors (Lipinski definition) is 6. The third-order valence-electron chi connectivity index (χ3n) is 4.78. The van der Waals surface area contributed by atoms with E-state index in [0.29, 0.717) is 39.1 Å². The number of thiophene rings is 1. The van der Waals surface area contributed by atoms with Crippen molar-refractivity contribution in [2.45, 2.75) is 18.6 Å². The summed E-state index contributed by atoms with van der Waals surface area (Å²) in [4.78, 5) is 29.3. The number of amides is 2. The molecular formula is C20H25N3O4S. The van der Waals surface area contributed by atoms with E-state index in [9.17, 15) is 19.8 Å². The van der Waals surface area contributed by atoms with Crippen LogP contribution in [-0.4, -0.2) is 71.9 Å². The zero-order valence-corrected chi connectivity index (χ0v) is 16.3. The molecule has 2 aromatic rings. The summed E-state index contributed by atoms with van der Waals surface area (Å²) in [6.45, 7) is 2.46. The smallest absolute Gasteiger partial charge is 0.254 e. The fourth-order valence-electron chi connectivity index (χ4n) is 3.16. The molecule has 2 amide bonds. The van der Waals surface area contributed by atoms with Gasteiger partial charge >= 0.3 is 0 Å². The van der Waals surface area contributed by atoms with Crippen molar-refractivity contribution in [1.29, 1.82) is 0 Å². The number of benzene rings is 1. The highest BCUT2D eigenvalue weighted by atomic mass is 32.1. The highest BCUT2D eigenvalue weighted by Crippen LogP contribution is 2.16. The Balaban J connectivity index is 1.45. The van der Waals surface area contributed by atoms with Crippen molar-refractivity contribution in [1.82, 2.24) is 10.2 Å². The number of aliphatic hydroxyl groups excluding tert-OH is 2. The summed E-state index contributed by atoms with van der Waals surface area (Å²) in [5, 5.41) is 24.7. The van der Waals surface area contributed by atoms with Crippen molar-refractivity contribution in [2.75, 3.05) is 37.6 Å². The van der Waals surface area contributed by atoms with Gasteiger partial charge in [0.15, 0.2) is 12.2 Å². The first-order valence-corrected chi connectivity index (χ1v) is 10.2. The Kier molecular flexibility index (Phi) is 7.02. The maximum atomic E-state index is 12.5. The summed E-state index contributed by atoms with van der Waals surface area (Å²) in [7, 11) is 0. The minimum Gasteiger partial charge on any atom is -0.380 e. The molecule has 0 bridgehead atoms. The summed E-state index contributed by atoms with van der Waals surface area (Å²) in [5.74, 6) is -1.35. The second-order valence-corrected chi connectivity index (χ2v) is 7.69. The van der Waals surface area contributed by atoms with Crippen LogP contribution < -0.4 is 10.2 Å². The Morgan fingerprint density at radius 1 is 1.00 bits per heavy atom. The molecule has 2 atom stereocenters. The molecule has 3 rings (SSSR count). The van der Waals surface area contributed by atoms with E-state index in [1.54, 1.807) is 11.3 Å². The maximum absolute atomic E-state index is 12.5. The van der Waals surface area contributed by atoms with Crippen molar-refractivity contribution in [3.8, 4) is 0 Å². The molecule has 3 N–H and O–H groups in total. The third kappa shape index (κ3) is 5.09. The molecule has 1 aliphatic heterocycles. The minimum absolute atomic E-state index is 0.340. The van der Waals surface area contributed by atoms with Gasteiger partial charge < -0.3 is 25.3 Å². The topological polar surface area (TPSA) is 93.1 Å². The second-order valence-electron chi connectivity index (χ2n) is 6.66. The molecule has 28 heavy (non-hydrogen) atoms. The van der Waals surface area contributed by atoms with Gasteiger partial charge in [-0.25, -0.2) is 0 Å². The number of aliphatic hydroxyl groups is 2. The van der Waals surface area contributed by atoms with E-state index >= 15 is 0 Å². The van der Waals surface area contributed by atoms with E-state index in [2.05, 4.69) is 10.2 Å². The molecule has 1 fully saturated rings. The molecule has 2 heterocycles. The summed E-state index contributed by atoms with van der Waals surface area (Å²) >= 11 is 1.58. The van der Waals surface area contributed by atoms with Gasteiger partial charge in [-0.05, 0) is 30.0 Å². The van der Waals surface area contributed by atoms with Crippen LogP contribution in [0.3, 0.4) is 0 Å². The number of nitrogens with zero attached hydrogens (tertiary/aromatic N) is 2. The molecule has 0 spiro atoms. The van der Waals surface area contributed by atoms with E-state index in [0.717, 1.165) is 10.6 Å². The first-order valence-electron chi connectivity index (χ1n) is 9.31. The fraction of sp³-hybridized carbons (Fsp3) is 0.400. The lowest BCUT2D eigenvalue weighted by atomic mass is 10.1. The third-order valence-corrected chi connectivity index (χ3v) is 5.72. The Hall–Kier alpha value is -2.42. The first kappa shape index (κ1) is 20.3. The number of piperazine rings is 1. The molecule has 0 radical (unpaired) electrons. The van der Waals surface area contributed by atoms with Crippen LogP contribution in [0.25, 0.3) is 0 Å². The van der Waals surface area contributed by atoms with Crippen LogP contribution >= 0.6 is 11.3 Å². The summed E-state index contributed by atoms with van der Waals surface area (Å²) in [6, 6.07) is 13.8. The molecule has 150 valence electrons. The van der Waals surface area contributed by atoms with E-state index in [1.165, 1.54) is 4.90 Å². The van der Waals surface area contributed by atoms with Crippen LogP contribution in [0.4, 0.5) is 5.69 Å². The van der Waals surface area contributed by atoms with Crippen LogP contribution in [0.1, 0.15) is 4.88 Å². The number of rotatable bonds is 7. The van der Waals surface area contributed by atoms with E-state index < -0.39 is 24.0 Å². The zero-order chi connectivity index (χ0) is 19.9. The molecular weight excluding hydrogens is 378 g/mol. The van der Waals surface area contributed by atoms with Gasteiger partial charge in [0.05, 0.1) is 0 Å². The monoisotopic (exact) mass is 403 g/mol. The fourth-order valence-corrected chi connectivity index (χ4v) is 3.87. The lowest BCUT2D eigenvalue weighted by molar-refractivity contribution is -0.153.